The summed E-state index contributed by atoms with van der Waals surface area (Å²) in [6.45, 7) is 9.66. The number of aliphatic carboxylic acids is 1. The van der Waals surface area contributed by atoms with Gasteiger partial charge >= 0.3 is 12.1 Å². The molecule has 1 N–H and O–H groups in total. The molecule has 1 saturated heterocycles. The number of piperidine rings is 1. The predicted octanol–water partition coefficient (Wildman–Crippen LogP) is 2.50. The monoisotopic (exact) mass is 257 g/mol. The van der Waals surface area contributed by atoms with Crippen LogP contribution in [0.5, 0.6) is 0 Å². The second-order valence-corrected chi connectivity index (χ2v) is 6.47. The van der Waals surface area contributed by atoms with Crippen LogP contribution in [0.1, 0.15) is 47.5 Å². The van der Waals surface area contributed by atoms with Crippen LogP contribution in [0.3, 0.4) is 0 Å². The van der Waals surface area contributed by atoms with Gasteiger partial charge in [0.15, 0.2) is 0 Å². The van der Waals surface area contributed by atoms with Gasteiger partial charge < -0.3 is 14.7 Å². The summed E-state index contributed by atoms with van der Waals surface area (Å²) < 4.78 is 5.35. The standard InChI is InChI=1S/C13H23NO4/c1-12(2,3)18-11(17)14-7-6-9(10(15)16)8-13(14,4)5/h9H,6-8H2,1-5H3,(H,15,16)/t9-/m1/s1. The number of carboxylic acid groups (broad SMARTS) is 1. The lowest BCUT2D eigenvalue weighted by molar-refractivity contribution is -0.145. The molecule has 5 heteroatoms. The van der Waals surface area contributed by atoms with Crippen LogP contribution in [0.25, 0.3) is 0 Å². The van der Waals surface area contributed by atoms with E-state index in [4.69, 9.17) is 9.84 Å². The third-order valence-corrected chi connectivity index (χ3v) is 3.14. The Morgan fingerprint density at radius 2 is 1.89 bits per heavy atom. The van der Waals surface area contributed by atoms with Gasteiger partial charge in [-0.15, -0.1) is 0 Å². The molecule has 1 aliphatic heterocycles. The molecule has 104 valence electrons. The Labute approximate surface area is 108 Å². The number of nitrogens with zero attached hydrogens (tertiary/aromatic N) is 1. The highest BCUT2D eigenvalue weighted by Gasteiger charge is 2.41. The number of hydrogen-bond acceptors (Lipinski definition) is 3. The van der Waals surface area contributed by atoms with Crippen LogP contribution < -0.4 is 0 Å². The molecule has 0 aliphatic carbocycles. The van der Waals surface area contributed by atoms with Gasteiger partial charge in [0.05, 0.1) is 5.92 Å². The van der Waals surface area contributed by atoms with Crippen molar-refractivity contribution in [2.75, 3.05) is 6.54 Å². The Morgan fingerprint density at radius 1 is 1.33 bits per heavy atom. The maximum atomic E-state index is 12.1. The number of amides is 1. The van der Waals surface area contributed by atoms with Crippen LogP contribution in [0, 0.1) is 5.92 Å². The maximum absolute atomic E-state index is 12.1. The summed E-state index contributed by atoms with van der Waals surface area (Å²) in [6, 6.07) is 0. The summed E-state index contributed by atoms with van der Waals surface area (Å²) in [4.78, 5) is 24.7. The number of hydrogen-bond donors (Lipinski definition) is 1. The second-order valence-electron chi connectivity index (χ2n) is 6.47. The molecule has 18 heavy (non-hydrogen) atoms. The zero-order chi connectivity index (χ0) is 14.1. The fourth-order valence-corrected chi connectivity index (χ4v) is 2.27. The van der Waals surface area contributed by atoms with Crippen molar-refractivity contribution in [3.63, 3.8) is 0 Å². The highest BCUT2D eigenvalue weighted by molar-refractivity contribution is 5.72. The van der Waals surface area contributed by atoms with E-state index in [2.05, 4.69) is 0 Å². The number of carboxylic acids is 1. The van der Waals surface area contributed by atoms with Gasteiger partial charge in [-0.3, -0.25) is 4.79 Å². The van der Waals surface area contributed by atoms with Crippen LogP contribution in [0.4, 0.5) is 4.79 Å². The Morgan fingerprint density at radius 3 is 2.28 bits per heavy atom. The zero-order valence-electron chi connectivity index (χ0n) is 11.8. The number of ether oxygens (including phenoxy) is 1. The normalized spacial score (nSPS) is 23.6. The molecule has 5 nitrogen and oxygen atoms in total. The van der Waals surface area contributed by atoms with Crippen LogP contribution in [0.15, 0.2) is 0 Å². The first kappa shape index (κ1) is 14.8. The molecule has 0 aromatic heterocycles. The van der Waals surface area contributed by atoms with Crippen molar-refractivity contribution in [2.45, 2.75) is 58.6 Å². The lowest BCUT2D eigenvalue weighted by atomic mass is 9.83. The average molecular weight is 257 g/mol. The minimum Gasteiger partial charge on any atom is -0.481 e. The Kier molecular flexibility index (Phi) is 3.93. The number of likely N-dealkylation sites (tertiary alicyclic amines) is 1. The number of carbonyl (C=O) groups is 2. The lowest BCUT2D eigenvalue weighted by Crippen LogP contribution is -2.55. The lowest BCUT2D eigenvalue weighted by Gasteiger charge is -2.44. The quantitative estimate of drug-likeness (QED) is 0.783. The fourth-order valence-electron chi connectivity index (χ4n) is 2.27. The topological polar surface area (TPSA) is 66.8 Å². The van der Waals surface area contributed by atoms with E-state index in [9.17, 15) is 9.59 Å². The smallest absolute Gasteiger partial charge is 0.410 e. The van der Waals surface area contributed by atoms with Crippen molar-refractivity contribution in [3.8, 4) is 0 Å². The van der Waals surface area contributed by atoms with Crippen LogP contribution >= 0.6 is 0 Å². The highest BCUT2D eigenvalue weighted by atomic mass is 16.6. The van der Waals surface area contributed by atoms with Crippen LogP contribution in [-0.4, -0.2) is 39.8 Å². The summed E-state index contributed by atoms with van der Waals surface area (Å²) in [5.41, 5.74) is -1.01. The molecule has 1 atom stereocenters. The number of carbonyl (C=O) groups excluding carboxylic acids is 1. The summed E-state index contributed by atoms with van der Waals surface area (Å²) in [7, 11) is 0. The van der Waals surface area contributed by atoms with Gasteiger partial charge in [0.25, 0.3) is 0 Å². The molecule has 1 fully saturated rings. The molecule has 0 radical (unpaired) electrons. The van der Waals surface area contributed by atoms with Gasteiger partial charge in [-0.2, -0.15) is 0 Å². The van der Waals surface area contributed by atoms with Crippen molar-refractivity contribution < 1.29 is 19.4 Å². The van der Waals surface area contributed by atoms with E-state index in [0.717, 1.165) is 0 Å². The maximum Gasteiger partial charge on any atom is 0.410 e. The Hall–Kier alpha value is -1.26. The molecule has 0 unspecified atom stereocenters. The third kappa shape index (κ3) is 3.62. The first-order valence-electron chi connectivity index (χ1n) is 6.26. The molecular formula is C13H23NO4. The van der Waals surface area contributed by atoms with Gasteiger partial charge in [0.2, 0.25) is 0 Å². The van der Waals surface area contributed by atoms with Crippen LogP contribution in [-0.2, 0) is 9.53 Å². The minimum absolute atomic E-state index is 0.365. The van der Waals surface area contributed by atoms with Gasteiger partial charge in [-0.25, -0.2) is 4.79 Å². The summed E-state index contributed by atoms with van der Waals surface area (Å²) in [6.07, 6.45) is 0.580. The van der Waals surface area contributed by atoms with Gasteiger partial charge in [0.1, 0.15) is 5.60 Å². The molecule has 0 spiro atoms. The third-order valence-electron chi connectivity index (χ3n) is 3.14. The molecule has 1 rings (SSSR count). The largest absolute Gasteiger partial charge is 0.481 e. The van der Waals surface area contributed by atoms with E-state index in [1.54, 1.807) is 4.90 Å². The van der Waals surface area contributed by atoms with Crippen molar-refractivity contribution in [1.82, 2.24) is 4.90 Å². The van der Waals surface area contributed by atoms with E-state index in [-0.39, 0.29) is 12.0 Å². The molecule has 1 heterocycles. The first-order chi connectivity index (χ1) is 8.03. The zero-order valence-corrected chi connectivity index (χ0v) is 11.8. The van der Waals surface area contributed by atoms with E-state index in [1.165, 1.54) is 0 Å². The van der Waals surface area contributed by atoms with Crippen molar-refractivity contribution in [1.29, 1.82) is 0 Å². The molecule has 0 saturated carbocycles. The Balaban J connectivity index is 2.74. The van der Waals surface area contributed by atoms with E-state index in [0.29, 0.717) is 19.4 Å². The van der Waals surface area contributed by atoms with Gasteiger partial charge in [-0.05, 0) is 47.5 Å². The predicted molar refractivity (Wildman–Crippen MR) is 67.4 cm³/mol. The highest BCUT2D eigenvalue weighted by Crippen LogP contribution is 2.32. The SMILES string of the molecule is CC(C)(C)OC(=O)N1CC[C@@H](C(=O)O)CC1(C)C. The summed E-state index contributed by atoms with van der Waals surface area (Å²) >= 11 is 0. The van der Waals surface area contributed by atoms with Crippen molar-refractivity contribution >= 4 is 12.1 Å². The van der Waals surface area contributed by atoms with E-state index >= 15 is 0 Å². The molecule has 0 bridgehead atoms. The van der Waals surface area contributed by atoms with Crippen LogP contribution in [0.2, 0.25) is 0 Å². The summed E-state index contributed by atoms with van der Waals surface area (Å²) in [5.74, 6) is -1.16. The minimum atomic E-state index is -0.785. The summed E-state index contributed by atoms with van der Waals surface area (Å²) in [5, 5.41) is 9.05. The van der Waals surface area contributed by atoms with Crippen molar-refractivity contribution in [2.24, 2.45) is 5.92 Å². The molecule has 1 aliphatic rings. The molecule has 1 amide bonds. The average Bonchev–Trinajstić information content (AvgIpc) is 2.12. The Bertz CT molecular complexity index is 343. The molecular weight excluding hydrogens is 234 g/mol. The first-order valence-corrected chi connectivity index (χ1v) is 6.26. The van der Waals surface area contributed by atoms with E-state index < -0.39 is 17.1 Å². The number of rotatable bonds is 1. The second kappa shape index (κ2) is 4.78. The molecule has 0 aromatic carbocycles. The fraction of sp³-hybridized carbons (Fsp3) is 0.846. The van der Waals surface area contributed by atoms with Gasteiger partial charge in [-0.1, -0.05) is 0 Å². The van der Waals surface area contributed by atoms with Crippen molar-refractivity contribution in [3.05, 3.63) is 0 Å². The van der Waals surface area contributed by atoms with Gasteiger partial charge in [0, 0.05) is 12.1 Å². The van der Waals surface area contributed by atoms with E-state index in [1.807, 2.05) is 34.6 Å². The molecule has 0 aromatic rings.